The summed E-state index contributed by atoms with van der Waals surface area (Å²) in [5.74, 6) is 0.455. The van der Waals surface area contributed by atoms with Gasteiger partial charge in [-0.1, -0.05) is 0 Å². The molecule has 0 aliphatic carbocycles. The lowest BCUT2D eigenvalue weighted by molar-refractivity contribution is 0.608. The molecule has 9 heteroatoms. The summed E-state index contributed by atoms with van der Waals surface area (Å²) in [6.07, 6.45) is 6.59. The van der Waals surface area contributed by atoms with E-state index in [-0.39, 0.29) is 0 Å². The zero-order valence-corrected chi connectivity index (χ0v) is 13.7. The van der Waals surface area contributed by atoms with E-state index in [4.69, 9.17) is 4.42 Å². The summed E-state index contributed by atoms with van der Waals surface area (Å²) in [5.41, 5.74) is 6.29. The number of nitrogens with zero attached hydrogens (tertiary/aromatic N) is 6. The molecule has 0 amide bonds. The second-order valence-electron chi connectivity index (χ2n) is 5.96. The van der Waals surface area contributed by atoms with Gasteiger partial charge in [0.05, 0.1) is 34.9 Å². The first-order chi connectivity index (χ1) is 13.4. The van der Waals surface area contributed by atoms with Crippen molar-refractivity contribution in [2.24, 2.45) is 0 Å². The van der Waals surface area contributed by atoms with Crippen LogP contribution in [0, 0.1) is 0 Å². The van der Waals surface area contributed by atoms with Gasteiger partial charge in [0.25, 0.3) is 0 Å². The summed E-state index contributed by atoms with van der Waals surface area (Å²) >= 11 is 0. The number of pyridine rings is 3. The van der Waals surface area contributed by atoms with Gasteiger partial charge in [0.2, 0.25) is 11.6 Å². The lowest BCUT2D eigenvalue weighted by atomic mass is 10.1. The smallest absolute Gasteiger partial charge is 0.247 e. The number of fused-ring (bicyclic) bond motifs is 3. The molecule has 0 unspecified atom stereocenters. The zero-order valence-electron chi connectivity index (χ0n) is 13.7. The van der Waals surface area contributed by atoms with E-state index in [1.165, 1.54) is 0 Å². The predicted molar refractivity (Wildman–Crippen MR) is 97.6 cm³/mol. The van der Waals surface area contributed by atoms with E-state index in [2.05, 4.69) is 39.9 Å². The standard InChI is InChI=1S/C18H10N8O/c1-2-11-18(20-4-1)27-17(26-11)10-6-12(25-16-14(10)22-8-24-16)9-3-5-19-15-13(9)21-7-23-15/h1-8H,(H,19,21,23)(H,22,24,25). The second-order valence-corrected chi connectivity index (χ2v) is 5.96. The first-order valence-corrected chi connectivity index (χ1v) is 8.21. The Kier molecular flexibility index (Phi) is 2.70. The number of imidazole rings is 2. The monoisotopic (exact) mass is 354 g/mol. The fraction of sp³-hybridized carbons (Fsp3) is 0. The van der Waals surface area contributed by atoms with E-state index in [0.717, 1.165) is 27.9 Å². The van der Waals surface area contributed by atoms with Crippen LogP contribution in [0.2, 0.25) is 0 Å². The molecule has 2 N–H and O–H groups in total. The third-order valence-corrected chi connectivity index (χ3v) is 4.40. The van der Waals surface area contributed by atoms with E-state index in [9.17, 15) is 0 Å². The average Bonchev–Trinajstić information content (AvgIpc) is 3.44. The highest BCUT2D eigenvalue weighted by Crippen LogP contribution is 2.33. The molecule has 0 saturated heterocycles. The van der Waals surface area contributed by atoms with E-state index < -0.39 is 0 Å². The highest BCUT2D eigenvalue weighted by Gasteiger charge is 2.18. The molecule has 0 saturated carbocycles. The van der Waals surface area contributed by atoms with E-state index in [1.807, 2.05) is 24.3 Å². The van der Waals surface area contributed by atoms with Crippen LogP contribution >= 0.6 is 0 Å². The molecule has 6 heterocycles. The van der Waals surface area contributed by atoms with Crippen molar-refractivity contribution in [3.8, 4) is 22.7 Å². The predicted octanol–water partition coefficient (Wildman–Crippen LogP) is 3.10. The fourth-order valence-electron chi connectivity index (χ4n) is 3.18. The fourth-order valence-corrected chi connectivity index (χ4v) is 3.18. The van der Waals surface area contributed by atoms with Crippen molar-refractivity contribution >= 4 is 33.6 Å². The van der Waals surface area contributed by atoms with Crippen molar-refractivity contribution in [1.29, 1.82) is 0 Å². The Morgan fingerprint density at radius 3 is 2.52 bits per heavy atom. The normalized spacial score (nSPS) is 11.7. The molecule has 0 aliphatic heterocycles. The Balaban J connectivity index is 1.65. The molecule has 0 aliphatic rings. The van der Waals surface area contributed by atoms with Gasteiger partial charge in [-0.05, 0) is 24.3 Å². The van der Waals surface area contributed by atoms with E-state index >= 15 is 0 Å². The van der Waals surface area contributed by atoms with Crippen LogP contribution in [0.3, 0.4) is 0 Å². The maximum atomic E-state index is 5.86. The van der Waals surface area contributed by atoms with Crippen LogP contribution in [0.15, 0.2) is 53.7 Å². The lowest BCUT2D eigenvalue weighted by Gasteiger charge is -2.05. The van der Waals surface area contributed by atoms with Gasteiger partial charge in [-0.15, -0.1) is 0 Å². The Bertz CT molecular complexity index is 1410. The van der Waals surface area contributed by atoms with Crippen LogP contribution in [0.1, 0.15) is 0 Å². The van der Waals surface area contributed by atoms with Gasteiger partial charge < -0.3 is 14.4 Å². The third-order valence-electron chi connectivity index (χ3n) is 4.40. The number of H-pyrrole nitrogens is 2. The Hall–Kier alpha value is -4.14. The minimum Gasteiger partial charge on any atom is -0.418 e. The summed E-state index contributed by atoms with van der Waals surface area (Å²) in [6.45, 7) is 0. The molecule has 6 aromatic rings. The second kappa shape index (κ2) is 5.18. The summed E-state index contributed by atoms with van der Waals surface area (Å²) in [6, 6.07) is 7.49. The summed E-state index contributed by atoms with van der Waals surface area (Å²) < 4.78 is 5.86. The van der Waals surface area contributed by atoms with Crippen molar-refractivity contribution in [2.45, 2.75) is 0 Å². The first kappa shape index (κ1) is 14.1. The van der Waals surface area contributed by atoms with Crippen LogP contribution < -0.4 is 0 Å². The Morgan fingerprint density at radius 1 is 0.778 bits per heavy atom. The Labute approximate surface area is 150 Å². The van der Waals surface area contributed by atoms with Gasteiger partial charge in [0.1, 0.15) is 5.52 Å². The van der Waals surface area contributed by atoms with Gasteiger partial charge in [-0.25, -0.2) is 29.9 Å². The van der Waals surface area contributed by atoms with Crippen molar-refractivity contribution in [1.82, 2.24) is 39.9 Å². The van der Waals surface area contributed by atoms with E-state index in [1.54, 1.807) is 25.0 Å². The summed E-state index contributed by atoms with van der Waals surface area (Å²) in [5, 5.41) is 0. The summed E-state index contributed by atoms with van der Waals surface area (Å²) in [4.78, 5) is 32.5. The van der Waals surface area contributed by atoms with Crippen LogP contribution in [0.4, 0.5) is 0 Å². The number of nitrogens with one attached hydrogen (secondary N) is 2. The molecule has 6 rings (SSSR count). The molecule has 9 nitrogen and oxygen atoms in total. The molecule has 6 aromatic heterocycles. The number of rotatable bonds is 2. The molecular weight excluding hydrogens is 344 g/mol. The van der Waals surface area contributed by atoms with Crippen molar-refractivity contribution in [3.05, 3.63) is 49.3 Å². The maximum Gasteiger partial charge on any atom is 0.247 e. The van der Waals surface area contributed by atoms with Crippen molar-refractivity contribution in [3.63, 3.8) is 0 Å². The number of hydrogen-bond acceptors (Lipinski definition) is 7. The molecule has 0 spiro atoms. The van der Waals surface area contributed by atoms with Crippen LogP contribution in [-0.4, -0.2) is 39.9 Å². The van der Waals surface area contributed by atoms with Crippen LogP contribution in [0.25, 0.3) is 56.3 Å². The van der Waals surface area contributed by atoms with E-state index in [0.29, 0.717) is 28.4 Å². The quantitative estimate of drug-likeness (QED) is 0.490. The van der Waals surface area contributed by atoms with Gasteiger partial charge in [-0.2, -0.15) is 0 Å². The molecule has 0 radical (unpaired) electrons. The van der Waals surface area contributed by atoms with Gasteiger partial charge >= 0.3 is 0 Å². The third kappa shape index (κ3) is 2.05. The minimum atomic E-state index is 0.455. The minimum absolute atomic E-state index is 0.455. The molecule has 27 heavy (non-hydrogen) atoms. The van der Waals surface area contributed by atoms with Crippen molar-refractivity contribution in [2.75, 3.05) is 0 Å². The van der Waals surface area contributed by atoms with Crippen molar-refractivity contribution < 1.29 is 4.42 Å². The van der Waals surface area contributed by atoms with Crippen LogP contribution in [0.5, 0.6) is 0 Å². The number of aromatic nitrogens is 8. The average molecular weight is 354 g/mol. The van der Waals surface area contributed by atoms with Gasteiger partial charge in [0, 0.05) is 18.0 Å². The highest BCUT2D eigenvalue weighted by atomic mass is 16.4. The molecule has 0 atom stereocenters. The molecule has 0 fully saturated rings. The molecule has 0 bridgehead atoms. The maximum absolute atomic E-state index is 5.86. The molecular formula is C18H10N8O. The molecule has 128 valence electrons. The first-order valence-electron chi connectivity index (χ1n) is 8.21. The highest BCUT2D eigenvalue weighted by molar-refractivity contribution is 5.95. The largest absolute Gasteiger partial charge is 0.418 e. The summed E-state index contributed by atoms with van der Waals surface area (Å²) in [7, 11) is 0. The van der Waals surface area contributed by atoms with Gasteiger partial charge in [0.15, 0.2) is 11.3 Å². The lowest BCUT2D eigenvalue weighted by Crippen LogP contribution is -1.91. The number of aromatic amines is 2. The van der Waals surface area contributed by atoms with Gasteiger partial charge in [-0.3, -0.25) is 0 Å². The topological polar surface area (TPSA) is 122 Å². The Morgan fingerprint density at radius 2 is 1.63 bits per heavy atom. The SMILES string of the molecule is c1cnc2oc(-c3cc(-c4ccnc5nc[nH]c45)nc4nc[nH]c34)nc2c1. The number of oxazole rings is 1. The zero-order chi connectivity index (χ0) is 17.8. The molecule has 0 aromatic carbocycles. The number of hydrogen-bond donors (Lipinski definition) is 2. The van der Waals surface area contributed by atoms with Crippen LogP contribution in [-0.2, 0) is 0 Å².